The third-order valence-electron chi connectivity index (χ3n) is 2.18. The summed E-state index contributed by atoms with van der Waals surface area (Å²) >= 11 is 0. The molecule has 0 aliphatic rings. The van der Waals surface area contributed by atoms with E-state index in [-0.39, 0.29) is 18.1 Å². The lowest BCUT2D eigenvalue weighted by molar-refractivity contribution is -0.120. The summed E-state index contributed by atoms with van der Waals surface area (Å²) in [5.41, 5.74) is 1.07. The van der Waals surface area contributed by atoms with E-state index in [2.05, 4.69) is 5.32 Å². The van der Waals surface area contributed by atoms with E-state index in [1.807, 2.05) is 44.2 Å². The monoisotopic (exact) mass is 221 g/mol. The molecule has 0 saturated heterocycles. The second-order valence-corrected chi connectivity index (χ2v) is 4.05. The van der Waals surface area contributed by atoms with Crippen LogP contribution in [0.5, 0.6) is 0 Å². The van der Waals surface area contributed by atoms with Crippen LogP contribution in [0.2, 0.25) is 0 Å². The average Bonchev–Trinajstić information content (AvgIpc) is 2.25. The van der Waals surface area contributed by atoms with Crippen LogP contribution in [0.3, 0.4) is 0 Å². The molecule has 16 heavy (non-hydrogen) atoms. The van der Waals surface area contributed by atoms with Crippen molar-refractivity contribution in [1.29, 1.82) is 0 Å². The van der Waals surface area contributed by atoms with Crippen LogP contribution in [0, 0.1) is 0 Å². The van der Waals surface area contributed by atoms with Gasteiger partial charge in [-0.2, -0.15) is 0 Å². The Morgan fingerprint density at radius 2 is 1.94 bits per heavy atom. The van der Waals surface area contributed by atoms with Gasteiger partial charge in [-0.05, 0) is 19.4 Å². The molecule has 0 spiro atoms. The van der Waals surface area contributed by atoms with Gasteiger partial charge in [0.15, 0.2) is 0 Å². The Balaban J connectivity index is 2.67. The molecule has 0 fully saturated rings. The first-order chi connectivity index (χ1) is 7.59. The molecule has 0 radical (unpaired) electrons. The normalized spacial score (nSPS) is 12.5. The van der Waals surface area contributed by atoms with Crippen molar-refractivity contribution in [1.82, 2.24) is 5.32 Å². The van der Waals surface area contributed by atoms with E-state index in [1.54, 1.807) is 0 Å². The fourth-order valence-corrected chi connectivity index (χ4v) is 1.44. The number of hydrogen-bond acceptors (Lipinski definition) is 2. The lowest BCUT2D eigenvalue weighted by Crippen LogP contribution is -2.30. The van der Waals surface area contributed by atoms with E-state index in [0.717, 1.165) is 5.56 Å². The lowest BCUT2D eigenvalue weighted by atomic mass is 10.1. The predicted octanol–water partition coefficient (Wildman–Crippen LogP) is 2.29. The molecule has 88 valence electrons. The quantitative estimate of drug-likeness (QED) is 0.828. The van der Waals surface area contributed by atoms with Gasteiger partial charge in [-0.15, -0.1) is 0 Å². The standard InChI is InChI=1S/C13H19NO2/c1-10(2)16-9-13(14-11(3)15)12-7-5-4-6-8-12/h4-8,10,13H,9H2,1-3H3,(H,14,15)/t13-/m1/s1. The summed E-state index contributed by atoms with van der Waals surface area (Å²) in [7, 11) is 0. The minimum atomic E-state index is -0.0684. The van der Waals surface area contributed by atoms with Crippen molar-refractivity contribution in [2.75, 3.05) is 6.61 Å². The third-order valence-corrected chi connectivity index (χ3v) is 2.18. The van der Waals surface area contributed by atoms with Gasteiger partial charge in [0.1, 0.15) is 0 Å². The molecule has 0 saturated carbocycles. The van der Waals surface area contributed by atoms with E-state index in [9.17, 15) is 4.79 Å². The van der Waals surface area contributed by atoms with Crippen molar-refractivity contribution in [3.63, 3.8) is 0 Å². The smallest absolute Gasteiger partial charge is 0.217 e. The molecule has 0 aliphatic heterocycles. The Morgan fingerprint density at radius 3 is 2.44 bits per heavy atom. The summed E-state index contributed by atoms with van der Waals surface area (Å²) < 4.78 is 5.54. The molecule has 0 unspecified atom stereocenters. The van der Waals surface area contributed by atoms with E-state index in [0.29, 0.717) is 6.61 Å². The van der Waals surface area contributed by atoms with Gasteiger partial charge >= 0.3 is 0 Å². The molecule has 1 rings (SSSR count). The van der Waals surface area contributed by atoms with Gasteiger partial charge in [-0.3, -0.25) is 4.79 Å². The molecule has 1 atom stereocenters. The summed E-state index contributed by atoms with van der Waals surface area (Å²) in [6, 6.07) is 9.78. The number of carbonyl (C=O) groups excluding carboxylic acids is 1. The first-order valence-corrected chi connectivity index (χ1v) is 5.53. The highest BCUT2D eigenvalue weighted by Crippen LogP contribution is 2.13. The van der Waals surface area contributed by atoms with Gasteiger partial charge in [-0.1, -0.05) is 30.3 Å². The SMILES string of the molecule is CC(=O)N[C@H](COC(C)C)c1ccccc1. The summed E-state index contributed by atoms with van der Waals surface area (Å²) in [5, 5.41) is 2.89. The topological polar surface area (TPSA) is 38.3 Å². The van der Waals surface area contributed by atoms with E-state index >= 15 is 0 Å². The molecule has 0 aliphatic carbocycles. The second kappa shape index (κ2) is 6.28. The summed E-state index contributed by atoms with van der Waals surface area (Å²) in [5.74, 6) is -0.0405. The lowest BCUT2D eigenvalue weighted by Gasteiger charge is -2.19. The van der Waals surface area contributed by atoms with Crippen LogP contribution in [0.4, 0.5) is 0 Å². The fourth-order valence-electron chi connectivity index (χ4n) is 1.44. The predicted molar refractivity (Wildman–Crippen MR) is 64.1 cm³/mol. The Hall–Kier alpha value is -1.35. The number of carbonyl (C=O) groups is 1. The second-order valence-electron chi connectivity index (χ2n) is 4.05. The van der Waals surface area contributed by atoms with Crippen molar-refractivity contribution in [2.24, 2.45) is 0 Å². The van der Waals surface area contributed by atoms with Gasteiger partial charge < -0.3 is 10.1 Å². The molecular weight excluding hydrogens is 202 g/mol. The molecule has 0 aromatic heterocycles. The molecule has 1 N–H and O–H groups in total. The summed E-state index contributed by atoms with van der Waals surface area (Å²) in [4.78, 5) is 11.1. The van der Waals surface area contributed by atoms with Crippen molar-refractivity contribution in [3.05, 3.63) is 35.9 Å². The highest BCUT2D eigenvalue weighted by Gasteiger charge is 2.12. The van der Waals surface area contributed by atoms with E-state index in [4.69, 9.17) is 4.74 Å². The van der Waals surface area contributed by atoms with Gasteiger partial charge in [0.2, 0.25) is 5.91 Å². The first-order valence-electron chi connectivity index (χ1n) is 5.53. The molecular formula is C13H19NO2. The van der Waals surface area contributed by atoms with Crippen LogP contribution in [0.1, 0.15) is 32.4 Å². The van der Waals surface area contributed by atoms with Crippen LogP contribution < -0.4 is 5.32 Å². The maximum Gasteiger partial charge on any atom is 0.217 e. The van der Waals surface area contributed by atoms with Crippen molar-refractivity contribution < 1.29 is 9.53 Å². The molecule has 1 aromatic rings. The molecule has 1 aromatic carbocycles. The number of benzene rings is 1. The van der Waals surface area contributed by atoms with Crippen LogP contribution in [0.15, 0.2) is 30.3 Å². The molecule has 3 nitrogen and oxygen atoms in total. The van der Waals surface area contributed by atoms with E-state index < -0.39 is 0 Å². The van der Waals surface area contributed by atoms with Gasteiger partial charge in [0, 0.05) is 6.92 Å². The maximum absolute atomic E-state index is 11.1. The van der Waals surface area contributed by atoms with Crippen molar-refractivity contribution in [2.45, 2.75) is 32.9 Å². The van der Waals surface area contributed by atoms with E-state index in [1.165, 1.54) is 6.92 Å². The highest BCUT2D eigenvalue weighted by molar-refractivity contribution is 5.73. The largest absolute Gasteiger partial charge is 0.376 e. The van der Waals surface area contributed by atoms with Gasteiger partial charge in [-0.25, -0.2) is 0 Å². The fraction of sp³-hybridized carbons (Fsp3) is 0.462. The summed E-state index contributed by atoms with van der Waals surface area (Å²) in [6.07, 6.45) is 0.167. The summed E-state index contributed by atoms with van der Waals surface area (Å²) in [6.45, 7) is 5.98. The van der Waals surface area contributed by atoms with Crippen LogP contribution in [-0.4, -0.2) is 18.6 Å². The maximum atomic E-state index is 11.1. The highest BCUT2D eigenvalue weighted by atomic mass is 16.5. The molecule has 3 heteroatoms. The minimum absolute atomic E-state index is 0.0405. The van der Waals surface area contributed by atoms with Crippen LogP contribution in [0.25, 0.3) is 0 Å². The number of ether oxygens (including phenoxy) is 1. The van der Waals surface area contributed by atoms with Gasteiger partial charge in [0.25, 0.3) is 0 Å². The number of rotatable bonds is 5. The van der Waals surface area contributed by atoms with Crippen molar-refractivity contribution >= 4 is 5.91 Å². The average molecular weight is 221 g/mol. The van der Waals surface area contributed by atoms with Crippen molar-refractivity contribution in [3.8, 4) is 0 Å². The third kappa shape index (κ3) is 4.45. The van der Waals surface area contributed by atoms with Crippen LogP contribution >= 0.6 is 0 Å². The molecule has 1 amide bonds. The Bertz CT molecular complexity index is 322. The number of amides is 1. The zero-order chi connectivity index (χ0) is 12.0. The number of nitrogens with one attached hydrogen (secondary N) is 1. The van der Waals surface area contributed by atoms with Crippen LogP contribution in [-0.2, 0) is 9.53 Å². The Kier molecular flexibility index (Phi) is 4.99. The minimum Gasteiger partial charge on any atom is -0.376 e. The van der Waals surface area contributed by atoms with Gasteiger partial charge in [0.05, 0.1) is 18.8 Å². The zero-order valence-electron chi connectivity index (χ0n) is 10.1. The Labute approximate surface area is 96.8 Å². The Morgan fingerprint density at radius 1 is 1.31 bits per heavy atom. The first kappa shape index (κ1) is 12.7. The molecule has 0 bridgehead atoms. The zero-order valence-corrected chi connectivity index (χ0v) is 10.1. The molecule has 0 heterocycles. The number of hydrogen-bond donors (Lipinski definition) is 1.